The Kier molecular flexibility index (Phi) is 4.87. The van der Waals surface area contributed by atoms with Gasteiger partial charge >= 0.3 is 0 Å². The van der Waals surface area contributed by atoms with Crippen LogP contribution in [-0.2, 0) is 4.74 Å². The van der Waals surface area contributed by atoms with Gasteiger partial charge in [-0.2, -0.15) is 0 Å². The minimum atomic E-state index is -0.298. The van der Waals surface area contributed by atoms with Crippen molar-refractivity contribution in [3.63, 3.8) is 0 Å². The zero-order valence-electron chi connectivity index (χ0n) is 7.87. The first-order chi connectivity index (χ1) is 6.34. The van der Waals surface area contributed by atoms with Gasteiger partial charge in [-0.3, -0.25) is 0 Å². The number of unbranched alkanes of at least 4 members (excludes halogenated alkanes) is 1. The Morgan fingerprint density at radius 3 is 2.62 bits per heavy atom. The molecule has 0 radical (unpaired) electrons. The summed E-state index contributed by atoms with van der Waals surface area (Å²) in [7, 11) is 0. The zero-order valence-corrected chi connectivity index (χ0v) is 8.63. The van der Waals surface area contributed by atoms with Gasteiger partial charge in [0.25, 0.3) is 0 Å². The lowest BCUT2D eigenvalue weighted by molar-refractivity contribution is 0.105. The molecule has 0 aliphatic rings. The molecule has 1 atom stereocenters. The van der Waals surface area contributed by atoms with Crippen LogP contribution >= 0.6 is 11.6 Å². The Labute approximate surface area is 84.7 Å². The number of alkyl halides is 1. The molecule has 0 spiro atoms. The molecule has 13 heavy (non-hydrogen) atoms. The Morgan fingerprint density at radius 2 is 2.00 bits per heavy atom. The summed E-state index contributed by atoms with van der Waals surface area (Å²) in [5.41, 5.74) is 0.730. The van der Waals surface area contributed by atoms with E-state index in [0.29, 0.717) is 0 Å². The maximum atomic E-state index is 6.02. The predicted molar refractivity (Wildman–Crippen MR) is 55.9 cm³/mol. The van der Waals surface area contributed by atoms with E-state index in [9.17, 15) is 0 Å². The van der Waals surface area contributed by atoms with Crippen LogP contribution < -0.4 is 0 Å². The van der Waals surface area contributed by atoms with Gasteiger partial charge in [-0.25, -0.2) is 0 Å². The standard InChI is InChI=1S/C11H15ClO/c1-2-3-9-13-11(12)10-7-5-4-6-8-10/h4-8,11H,2-3,9H2,1H3. The fourth-order valence-corrected chi connectivity index (χ4v) is 1.27. The average Bonchev–Trinajstić information content (AvgIpc) is 2.19. The van der Waals surface area contributed by atoms with Gasteiger partial charge in [0.1, 0.15) is 0 Å². The second kappa shape index (κ2) is 6.01. The van der Waals surface area contributed by atoms with E-state index in [1.54, 1.807) is 0 Å². The third kappa shape index (κ3) is 3.79. The van der Waals surface area contributed by atoms with Gasteiger partial charge in [0.2, 0.25) is 0 Å². The fraction of sp³-hybridized carbons (Fsp3) is 0.455. The van der Waals surface area contributed by atoms with E-state index < -0.39 is 0 Å². The molecule has 0 aliphatic heterocycles. The van der Waals surface area contributed by atoms with Crippen molar-refractivity contribution < 1.29 is 4.74 Å². The van der Waals surface area contributed by atoms with E-state index in [2.05, 4.69) is 6.92 Å². The van der Waals surface area contributed by atoms with E-state index in [4.69, 9.17) is 16.3 Å². The maximum absolute atomic E-state index is 6.02. The Balaban J connectivity index is 2.35. The highest BCUT2D eigenvalue weighted by molar-refractivity contribution is 6.19. The molecule has 0 N–H and O–H groups in total. The molecule has 1 aromatic carbocycles. The monoisotopic (exact) mass is 198 g/mol. The molecule has 0 bridgehead atoms. The minimum Gasteiger partial charge on any atom is -0.358 e. The van der Waals surface area contributed by atoms with Gasteiger partial charge in [0.05, 0.1) is 0 Å². The first-order valence-corrected chi connectivity index (χ1v) is 5.09. The van der Waals surface area contributed by atoms with E-state index in [1.165, 1.54) is 0 Å². The van der Waals surface area contributed by atoms with Crippen LogP contribution in [0.25, 0.3) is 0 Å². The van der Waals surface area contributed by atoms with Crippen LogP contribution in [0.5, 0.6) is 0 Å². The number of hydrogen-bond acceptors (Lipinski definition) is 1. The zero-order chi connectivity index (χ0) is 9.52. The molecular weight excluding hydrogens is 184 g/mol. The van der Waals surface area contributed by atoms with Crippen LogP contribution in [0.2, 0.25) is 0 Å². The fourth-order valence-electron chi connectivity index (χ4n) is 1.03. The highest BCUT2D eigenvalue weighted by Crippen LogP contribution is 2.21. The number of ether oxygens (including phenoxy) is 1. The molecule has 2 heteroatoms. The normalized spacial score (nSPS) is 12.8. The number of hydrogen-bond donors (Lipinski definition) is 0. The lowest BCUT2D eigenvalue weighted by Crippen LogP contribution is -1.98. The van der Waals surface area contributed by atoms with Gasteiger partial charge in [-0.1, -0.05) is 55.3 Å². The molecule has 0 heterocycles. The third-order valence-corrected chi connectivity index (χ3v) is 2.20. The van der Waals surface area contributed by atoms with Crippen molar-refractivity contribution in [2.24, 2.45) is 0 Å². The molecule has 72 valence electrons. The number of halogens is 1. The first kappa shape index (κ1) is 10.6. The highest BCUT2D eigenvalue weighted by Gasteiger charge is 2.05. The molecule has 0 aromatic heterocycles. The first-order valence-electron chi connectivity index (χ1n) is 4.65. The molecule has 0 saturated heterocycles. The summed E-state index contributed by atoms with van der Waals surface area (Å²) in [5.74, 6) is 0. The molecule has 1 nitrogen and oxygen atoms in total. The van der Waals surface area contributed by atoms with Crippen molar-refractivity contribution in [3.05, 3.63) is 35.9 Å². The quantitative estimate of drug-likeness (QED) is 0.518. The van der Waals surface area contributed by atoms with Crippen molar-refractivity contribution in [2.45, 2.75) is 25.3 Å². The van der Waals surface area contributed by atoms with Crippen LogP contribution in [0.3, 0.4) is 0 Å². The summed E-state index contributed by atoms with van der Waals surface area (Å²) >= 11 is 6.02. The average molecular weight is 199 g/mol. The summed E-state index contributed by atoms with van der Waals surface area (Å²) in [4.78, 5) is 0. The number of benzene rings is 1. The summed E-state index contributed by atoms with van der Waals surface area (Å²) in [5, 5.41) is 0. The van der Waals surface area contributed by atoms with Crippen molar-refractivity contribution >= 4 is 11.6 Å². The number of rotatable bonds is 5. The van der Waals surface area contributed by atoms with Crippen LogP contribution in [0.1, 0.15) is 30.9 Å². The van der Waals surface area contributed by atoms with Crippen LogP contribution in [0.15, 0.2) is 30.3 Å². The molecule has 0 fully saturated rings. The lowest BCUT2D eigenvalue weighted by atomic mass is 10.2. The molecule has 1 rings (SSSR count). The van der Waals surface area contributed by atoms with Crippen molar-refractivity contribution in [3.8, 4) is 0 Å². The van der Waals surface area contributed by atoms with E-state index in [-0.39, 0.29) is 5.56 Å². The van der Waals surface area contributed by atoms with Crippen molar-refractivity contribution in [2.75, 3.05) is 6.61 Å². The van der Waals surface area contributed by atoms with Gasteiger partial charge in [-0.15, -0.1) is 0 Å². The summed E-state index contributed by atoms with van der Waals surface area (Å²) in [6.07, 6.45) is 2.20. The molecule has 0 aliphatic carbocycles. The Morgan fingerprint density at radius 1 is 1.31 bits per heavy atom. The van der Waals surface area contributed by atoms with E-state index in [1.807, 2.05) is 30.3 Å². The SMILES string of the molecule is CCCCOC(Cl)c1ccccc1. The van der Waals surface area contributed by atoms with Crippen LogP contribution in [-0.4, -0.2) is 6.61 Å². The largest absolute Gasteiger partial charge is 0.358 e. The van der Waals surface area contributed by atoms with E-state index in [0.717, 1.165) is 25.0 Å². The van der Waals surface area contributed by atoms with Crippen molar-refractivity contribution in [1.82, 2.24) is 0 Å². The van der Waals surface area contributed by atoms with Gasteiger partial charge < -0.3 is 4.74 Å². The topological polar surface area (TPSA) is 9.23 Å². The predicted octanol–water partition coefficient (Wildman–Crippen LogP) is 3.74. The highest BCUT2D eigenvalue weighted by atomic mass is 35.5. The van der Waals surface area contributed by atoms with Gasteiger partial charge in [-0.05, 0) is 12.0 Å². The van der Waals surface area contributed by atoms with Crippen LogP contribution in [0, 0.1) is 0 Å². The summed E-state index contributed by atoms with van der Waals surface area (Å²) in [6, 6.07) is 9.86. The lowest BCUT2D eigenvalue weighted by Gasteiger charge is -2.10. The molecule has 1 aromatic rings. The summed E-state index contributed by atoms with van der Waals surface area (Å²) in [6.45, 7) is 2.87. The Bertz CT molecular complexity index is 223. The van der Waals surface area contributed by atoms with Gasteiger partial charge in [0, 0.05) is 6.61 Å². The molecule has 0 saturated carbocycles. The van der Waals surface area contributed by atoms with Crippen LogP contribution in [0.4, 0.5) is 0 Å². The van der Waals surface area contributed by atoms with Gasteiger partial charge in [0.15, 0.2) is 5.56 Å². The second-order valence-electron chi connectivity index (χ2n) is 2.95. The smallest absolute Gasteiger partial charge is 0.156 e. The maximum Gasteiger partial charge on any atom is 0.156 e. The summed E-state index contributed by atoms with van der Waals surface area (Å²) < 4.78 is 5.43. The Hall–Kier alpha value is -0.530. The second-order valence-corrected chi connectivity index (χ2v) is 3.35. The van der Waals surface area contributed by atoms with E-state index >= 15 is 0 Å². The molecular formula is C11H15ClO. The minimum absolute atomic E-state index is 0.298. The molecule has 1 unspecified atom stereocenters. The third-order valence-electron chi connectivity index (χ3n) is 1.82. The van der Waals surface area contributed by atoms with Crippen molar-refractivity contribution in [1.29, 1.82) is 0 Å². The molecule has 0 amide bonds.